The Morgan fingerprint density at radius 2 is 1.68 bits per heavy atom. The molecule has 7 nitrogen and oxygen atoms in total. The predicted molar refractivity (Wildman–Crippen MR) is 107 cm³/mol. The molecular weight excluding hydrogens is 358 g/mol. The van der Waals surface area contributed by atoms with Crippen molar-refractivity contribution in [1.29, 1.82) is 0 Å². The van der Waals surface area contributed by atoms with Gasteiger partial charge in [-0.15, -0.1) is 0 Å². The summed E-state index contributed by atoms with van der Waals surface area (Å²) in [6.45, 7) is 0. The first-order chi connectivity index (χ1) is 13.5. The minimum atomic E-state index is -0.463. The summed E-state index contributed by atoms with van der Waals surface area (Å²) in [6.07, 6.45) is 4.65. The SMILES string of the molecule is COc1cc(/C=C/C(=O)NNC(=O)c2cn(C)c3ccccc23)cc(OC)c1. The van der Waals surface area contributed by atoms with Gasteiger partial charge in [-0.1, -0.05) is 18.2 Å². The number of hydrogen-bond acceptors (Lipinski definition) is 4. The van der Waals surface area contributed by atoms with E-state index < -0.39 is 5.91 Å². The zero-order valence-corrected chi connectivity index (χ0v) is 15.9. The molecule has 0 aliphatic carbocycles. The molecule has 2 aromatic carbocycles. The Morgan fingerprint density at radius 3 is 2.36 bits per heavy atom. The molecule has 0 spiro atoms. The fourth-order valence-corrected chi connectivity index (χ4v) is 2.85. The van der Waals surface area contributed by atoms with E-state index in [1.165, 1.54) is 6.08 Å². The van der Waals surface area contributed by atoms with Gasteiger partial charge in [-0.25, -0.2) is 0 Å². The van der Waals surface area contributed by atoms with Gasteiger partial charge >= 0.3 is 0 Å². The van der Waals surface area contributed by atoms with Crippen LogP contribution in [-0.2, 0) is 11.8 Å². The number of rotatable bonds is 5. The van der Waals surface area contributed by atoms with E-state index >= 15 is 0 Å². The molecule has 1 heterocycles. The van der Waals surface area contributed by atoms with Crippen LogP contribution in [0.15, 0.2) is 54.7 Å². The van der Waals surface area contributed by atoms with Gasteiger partial charge in [0.05, 0.1) is 19.8 Å². The fourth-order valence-electron chi connectivity index (χ4n) is 2.85. The number of para-hydroxylation sites is 1. The van der Waals surface area contributed by atoms with Gasteiger partial charge in [0.25, 0.3) is 11.8 Å². The highest BCUT2D eigenvalue weighted by Crippen LogP contribution is 2.23. The standard InChI is InChI=1S/C21H21N3O4/c1-24-13-18(17-6-4-5-7-19(17)24)21(26)23-22-20(25)9-8-14-10-15(27-2)12-16(11-14)28-3/h4-13H,1-3H3,(H,22,25)(H,23,26)/b9-8+. The Hall–Kier alpha value is -3.74. The maximum atomic E-state index is 12.4. The van der Waals surface area contributed by atoms with Gasteiger partial charge < -0.3 is 14.0 Å². The number of carbonyl (C=O) groups is 2. The lowest BCUT2D eigenvalue weighted by Crippen LogP contribution is -2.40. The van der Waals surface area contributed by atoms with E-state index in [0.29, 0.717) is 17.1 Å². The number of hydrogen-bond donors (Lipinski definition) is 2. The largest absolute Gasteiger partial charge is 0.497 e. The molecule has 0 atom stereocenters. The molecule has 3 aromatic rings. The molecule has 0 saturated heterocycles. The summed E-state index contributed by atoms with van der Waals surface area (Å²) < 4.78 is 12.3. The molecule has 3 rings (SSSR count). The molecule has 0 saturated carbocycles. The lowest BCUT2D eigenvalue weighted by atomic mass is 10.2. The van der Waals surface area contributed by atoms with Crippen molar-refractivity contribution in [3.63, 3.8) is 0 Å². The smallest absolute Gasteiger partial charge is 0.271 e. The first-order valence-corrected chi connectivity index (χ1v) is 8.57. The Morgan fingerprint density at radius 1 is 1.00 bits per heavy atom. The number of amides is 2. The number of aryl methyl sites for hydroxylation is 1. The first-order valence-electron chi connectivity index (χ1n) is 8.57. The van der Waals surface area contributed by atoms with Crippen LogP contribution in [0, 0.1) is 0 Å². The van der Waals surface area contributed by atoms with Gasteiger partial charge in [0.2, 0.25) is 0 Å². The second kappa shape index (κ2) is 8.30. The summed E-state index contributed by atoms with van der Waals surface area (Å²) in [7, 11) is 4.97. The van der Waals surface area contributed by atoms with E-state index in [1.54, 1.807) is 44.7 Å². The molecule has 2 amide bonds. The summed E-state index contributed by atoms with van der Waals surface area (Å²) in [6, 6.07) is 12.8. The minimum Gasteiger partial charge on any atom is -0.497 e. The van der Waals surface area contributed by atoms with Crippen LogP contribution in [0.4, 0.5) is 0 Å². The molecule has 0 fully saturated rings. The van der Waals surface area contributed by atoms with Crippen LogP contribution < -0.4 is 20.3 Å². The zero-order chi connectivity index (χ0) is 20.1. The summed E-state index contributed by atoms with van der Waals surface area (Å²) in [4.78, 5) is 24.5. The number of ether oxygens (including phenoxy) is 2. The average Bonchev–Trinajstić information content (AvgIpc) is 3.07. The summed E-state index contributed by atoms with van der Waals surface area (Å²) in [5.41, 5.74) is 6.97. The molecule has 0 bridgehead atoms. The van der Waals surface area contributed by atoms with Crippen molar-refractivity contribution in [2.75, 3.05) is 14.2 Å². The molecule has 28 heavy (non-hydrogen) atoms. The van der Waals surface area contributed by atoms with E-state index in [9.17, 15) is 9.59 Å². The normalized spacial score (nSPS) is 10.8. The Bertz CT molecular complexity index is 1030. The van der Waals surface area contributed by atoms with Crippen molar-refractivity contribution in [3.05, 3.63) is 65.9 Å². The lowest BCUT2D eigenvalue weighted by Gasteiger charge is -2.06. The van der Waals surface area contributed by atoms with Crippen molar-refractivity contribution in [3.8, 4) is 11.5 Å². The van der Waals surface area contributed by atoms with Crippen LogP contribution in [0.1, 0.15) is 15.9 Å². The van der Waals surface area contributed by atoms with E-state index in [1.807, 2.05) is 35.9 Å². The van der Waals surface area contributed by atoms with E-state index in [-0.39, 0.29) is 5.91 Å². The van der Waals surface area contributed by atoms with Crippen LogP contribution in [0.25, 0.3) is 17.0 Å². The second-order valence-corrected chi connectivity index (χ2v) is 6.09. The summed E-state index contributed by atoms with van der Waals surface area (Å²) >= 11 is 0. The number of benzene rings is 2. The highest BCUT2D eigenvalue weighted by atomic mass is 16.5. The van der Waals surface area contributed by atoms with Crippen LogP contribution >= 0.6 is 0 Å². The van der Waals surface area contributed by atoms with Gasteiger partial charge in [-0.2, -0.15) is 0 Å². The lowest BCUT2D eigenvalue weighted by molar-refractivity contribution is -0.117. The number of fused-ring (bicyclic) bond motifs is 1. The first kappa shape index (κ1) is 19.0. The quantitative estimate of drug-likeness (QED) is 0.528. The van der Waals surface area contributed by atoms with Crippen molar-refractivity contribution < 1.29 is 19.1 Å². The Balaban J connectivity index is 1.65. The van der Waals surface area contributed by atoms with Crippen LogP contribution in [0.2, 0.25) is 0 Å². The third-order valence-corrected chi connectivity index (χ3v) is 4.24. The Kier molecular flexibility index (Phi) is 5.64. The molecular formula is C21H21N3O4. The topological polar surface area (TPSA) is 81.6 Å². The maximum Gasteiger partial charge on any atom is 0.271 e. The monoisotopic (exact) mass is 379 g/mol. The third kappa shape index (κ3) is 4.15. The number of nitrogens with zero attached hydrogens (tertiary/aromatic N) is 1. The number of aromatic nitrogens is 1. The van der Waals surface area contributed by atoms with Gasteiger partial charge in [0.1, 0.15) is 11.5 Å². The van der Waals surface area contributed by atoms with Gasteiger partial charge in [0.15, 0.2) is 0 Å². The zero-order valence-electron chi connectivity index (χ0n) is 15.9. The van der Waals surface area contributed by atoms with Crippen LogP contribution in [-0.4, -0.2) is 30.6 Å². The van der Waals surface area contributed by atoms with E-state index in [4.69, 9.17) is 9.47 Å². The molecule has 0 unspecified atom stereocenters. The van der Waals surface area contributed by atoms with Crippen LogP contribution in [0.5, 0.6) is 11.5 Å². The highest BCUT2D eigenvalue weighted by Gasteiger charge is 2.13. The number of carbonyl (C=O) groups excluding carboxylic acids is 2. The molecule has 0 radical (unpaired) electrons. The second-order valence-electron chi connectivity index (χ2n) is 6.09. The fraction of sp³-hybridized carbons (Fsp3) is 0.143. The third-order valence-electron chi connectivity index (χ3n) is 4.24. The van der Waals surface area contributed by atoms with Crippen molar-refractivity contribution in [2.45, 2.75) is 0 Å². The number of hydrazine groups is 1. The molecule has 144 valence electrons. The number of nitrogens with one attached hydrogen (secondary N) is 2. The van der Waals surface area contributed by atoms with Gasteiger partial charge in [-0.3, -0.25) is 20.4 Å². The molecule has 7 heteroatoms. The van der Waals surface area contributed by atoms with Crippen molar-refractivity contribution in [1.82, 2.24) is 15.4 Å². The van der Waals surface area contributed by atoms with Crippen molar-refractivity contribution >= 4 is 28.8 Å². The summed E-state index contributed by atoms with van der Waals surface area (Å²) in [5, 5.41) is 0.816. The molecule has 0 aliphatic rings. The van der Waals surface area contributed by atoms with E-state index in [0.717, 1.165) is 16.5 Å². The molecule has 2 N–H and O–H groups in total. The van der Waals surface area contributed by atoms with Crippen LogP contribution in [0.3, 0.4) is 0 Å². The molecule has 0 aliphatic heterocycles. The van der Waals surface area contributed by atoms with Gasteiger partial charge in [0, 0.05) is 36.3 Å². The Labute approximate surface area is 162 Å². The minimum absolute atomic E-state index is 0.387. The summed E-state index contributed by atoms with van der Waals surface area (Å²) in [5.74, 6) is 0.379. The predicted octanol–water partition coefficient (Wildman–Crippen LogP) is 2.67. The average molecular weight is 379 g/mol. The van der Waals surface area contributed by atoms with Crippen molar-refractivity contribution in [2.24, 2.45) is 7.05 Å². The molecule has 1 aromatic heterocycles. The van der Waals surface area contributed by atoms with Gasteiger partial charge in [-0.05, 0) is 29.8 Å². The number of methoxy groups -OCH3 is 2. The van der Waals surface area contributed by atoms with E-state index in [2.05, 4.69) is 10.9 Å². The maximum absolute atomic E-state index is 12.4. The highest BCUT2D eigenvalue weighted by molar-refractivity contribution is 6.07.